The van der Waals surface area contributed by atoms with Crippen LogP contribution in [0.5, 0.6) is 0 Å². The van der Waals surface area contributed by atoms with E-state index in [0.717, 1.165) is 0 Å². The quantitative estimate of drug-likeness (QED) is 0.321. The van der Waals surface area contributed by atoms with Crippen LogP contribution in [0.25, 0.3) is 0 Å². The summed E-state index contributed by atoms with van der Waals surface area (Å²) in [6.07, 6.45) is 0. The second kappa shape index (κ2) is 3.80. The lowest BCUT2D eigenvalue weighted by atomic mass is 10.4. The molecule has 0 spiro atoms. The Balaban J connectivity index is 3.61. The van der Waals surface area contributed by atoms with Gasteiger partial charge in [0.15, 0.2) is 0 Å². The van der Waals surface area contributed by atoms with Gasteiger partial charge in [-0.2, -0.15) is 0 Å². The molecule has 0 fully saturated rings. The lowest BCUT2D eigenvalue weighted by Gasteiger charge is -2.04. The van der Waals surface area contributed by atoms with Gasteiger partial charge in [0.05, 0.1) is 0 Å². The molecular formula is H5BO8P2. The van der Waals surface area contributed by atoms with Crippen LogP contribution in [0.2, 0.25) is 0 Å². The Morgan fingerprint density at radius 2 is 1.18 bits per heavy atom. The number of rotatable bonds is 4. The monoisotopic (exact) mass is 206 g/mol. The van der Waals surface area contributed by atoms with Crippen LogP contribution in [0.4, 0.5) is 0 Å². The van der Waals surface area contributed by atoms with Crippen LogP contribution in [-0.4, -0.2) is 27.3 Å². The van der Waals surface area contributed by atoms with Crippen LogP contribution in [0.3, 0.4) is 0 Å². The molecule has 0 aromatic heterocycles. The second-order valence-corrected chi connectivity index (χ2v) is 3.84. The van der Waals surface area contributed by atoms with Crippen LogP contribution in [-0.2, 0) is 18.0 Å². The Labute approximate surface area is 61.9 Å². The molecular weight excluding hydrogens is 201 g/mol. The van der Waals surface area contributed by atoms with Crippen molar-refractivity contribution in [1.29, 1.82) is 0 Å². The van der Waals surface area contributed by atoms with Crippen molar-refractivity contribution in [2.24, 2.45) is 0 Å². The summed E-state index contributed by atoms with van der Waals surface area (Å²) >= 11 is 0. The molecule has 0 heterocycles. The molecule has 11 heteroatoms. The van der Waals surface area contributed by atoms with Crippen molar-refractivity contribution in [3.63, 3.8) is 0 Å². The van der Waals surface area contributed by atoms with E-state index in [0.29, 0.717) is 0 Å². The fourth-order valence-corrected chi connectivity index (χ4v) is 0.624. The van der Waals surface area contributed by atoms with Gasteiger partial charge in [-0.1, -0.05) is 0 Å². The van der Waals surface area contributed by atoms with Crippen LogP contribution >= 0.6 is 15.6 Å². The van der Waals surface area contributed by atoms with E-state index < -0.39 is 23.3 Å². The molecule has 11 heavy (non-hydrogen) atoms. The molecule has 0 aromatic rings. The first-order valence-corrected chi connectivity index (χ1v) is 5.17. The predicted molar refractivity (Wildman–Crippen MR) is 33.4 cm³/mol. The van der Waals surface area contributed by atoms with Crippen molar-refractivity contribution in [1.82, 2.24) is 0 Å². The smallest absolute Gasteiger partial charge is 0.321 e. The van der Waals surface area contributed by atoms with Gasteiger partial charge in [0.2, 0.25) is 0 Å². The average molecular weight is 206 g/mol. The first-order valence-electron chi connectivity index (χ1n) is 2.11. The molecule has 0 aliphatic rings. The van der Waals surface area contributed by atoms with Gasteiger partial charge in [-0.3, -0.25) is 0 Å². The number of phosphoric acid groups is 2. The maximum absolute atomic E-state index is 9.86. The number of hydrogen-bond acceptors (Lipinski definition) is 4. The van der Waals surface area contributed by atoms with E-state index in [1.54, 1.807) is 0 Å². The molecule has 0 saturated heterocycles. The minimum absolute atomic E-state index is 1.16. The zero-order valence-corrected chi connectivity index (χ0v) is 6.81. The van der Waals surface area contributed by atoms with E-state index in [2.05, 4.69) is 8.88 Å². The van der Waals surface area contributed by atoms with Gasteiger partial charge in [-0.05, 0) is 0 Å². The summed E-state index contributed by atoms with van der Waals surface area (Å²) in [5, 5.41) is 0. The highest BCUT2D eigenvalue weighted by Crippen LogP contribution is 2.39. The summed E-state index contributed by atoms with van der Waals surface area (Å²) in [7, 11) is -10.6. The Bertz CT molecular complexity index is 174. The minimum atomic E-state index is -4.72. The molecule has 0 aromatic carbocycles. The Morgan fingerprint density at radius 1 is 0.909 bits per heavy atom. The van der Waals surface area contributed by atoms with Gasteiger partial charge in [0.1, 0.15) is 0 Å². The summed E-state index contributed by atoms with van der Waals surface area (Å²) in [6, 6.07) is 0. The normalized spacial score (nSPS) is 13.1. The standard InChI is InChI=1S/BH5O8P2/c2-10(3,4)8-1-9-11(5,6)7/h1H,(H2,2,3,4)(H2,5,6,7). The minimum Gasteiger partial charge on any atom is -0.321 e. The van der Waals surface area contributed by atoms with Crippen LogP contribution in [0, 0.1) is 0 Å². The maximum Gasteiger partial charge on any atom is 0.457 e. The first-order chi connectivity index (χ1) is 4.71. The molecule has 0 bridgehead atoms. The molecule has 4 N–H and O–H groups in total. The molecule has 0 unspecified atom stereocenters. The Hall–Kier alpha value is 0.285. The lowest BCUT2D eigenvalue weighted by molar-refractivity contribution is 0.249. The van der Waals surface area contributed by atoms with Gasteiger partial charge in [-0.15, -0.1) is 0 Å². The van der Waals surface area contributed by atoms with E-state index in [1.165, 1.54) is 0 Å². The molecule has 66 valence electrons. The average Bonchev–Trinajstić information content (AvgIpc) is 1.55. The van der Waals surface area contributed by atoms with Gasteiger partial charge in [0.25, 0.3) is 0 Å². The van der Waals surface area contributed by atoms with E-state index in [4.69, 9.17) is 19.6 Å². The molecule has 0 radical (unpaired) electrons. The summed E-state index contributed by atoms with van der Waals surface area (Å²) in [4.78, 5) is 31.9. The molecule has 8 nitrogen and oxygen atoms in total. The highest BCUT2D eigenvalue weighted by Gasteiger charge is 2.20. The SMILES string of the molecule is O=P(O)(O)OBOP(=O)(O)O. The fraction of sp³-hybridized carbons (Fsp3) is 0. The van der Waals surface area contributed by atoms with E-state index in [-0.39, 0.29) is 0 Å². The molecule has 0 atom stereocenters. The summed E-state index contributed by atoms with van der Waals surface area (Å²) in [5.41, 5.74) is 0. The van der Waals surface area contributed by atoms with Crippen LogP contribution in [0.15, 0.2) is 0 Å². The van der Waals surface area contributed by atoms with Crippen molar-refractivity contribution >= 4 is 23.3 Å². The highest BCUT2D eigenvalue weighted by molar-refractivity contribution is 7.49. The highest BCUT2D eigenvalue weighted by atomic mass is 31.2. The van der Waals surface area contributed by atoms with Gasteiger partial charge >= 0.3 is 23.3 Å². The van der Waals surface area contributed by atoms with Gasteiger partial charge < -0.3 is 28.5 Å². The van der Waals surface area contributed by atoms with Crippen molar-refractivity contribution in [3.8, 4) is 0 Å². The third-order valence-corrected chi connectivity index (χ3v) is 1.33. The zero-order chi connectivity index (χ0) is 9.12. The lowest BCUT2D eigenvalue weighted by Crippen LogP contribution is -2.00. The summed E-state index contributed by atoms with van der Waals surface area (Å²) < 4.78 is 26.8. The van der Waals surface area contributed by atoms with E-state index in [1.807, 2.05) is 0 Å². The van der Waals surface area contributed by atoms with Crippen molar-refractivity contribution in [2.75, 3.05) is 0 Å². The van der Waals surface area contributed by atoms with E-state index >= 15 is 0 Å². The summed E-state index contributed by atoms with van der Waals surface area (Å²) in [5.74, 6) is 0. The second-order valence-electron chi connectivity index (χ2n) is 1.36. The molecule has 0 saturated carbocycles. The largest absolute Gasteiger partial charge is 0.457 e. The zero-order valence-electron chi connectivity index (χ0n) is 5.02. The molecule has 0 rings (SSSR count). The van der Waals surface area contributed by atoms with E-state index in [9.17, 15) is 9.13 Å². The van der Waals surface area contributed by atoms with Gasteiger partial charge in [-0.25, -0.2) is 9.13 Å². The third-order valence-electron chi connectivity index (χ3n) is 0.442. The topological polar surface area (TPSA) is 134 Å². The van der Waals surface area contributed by atoms with Crippen LogP contribution < -0.4 is 0 Å². The van der Waals surface area contributed by atoms with Crippen molar-refractivity contribution in [3.05, 3.63) is 0 Å². The predicted octanol–water partition coefficient (Wildman–Crippen LogP) is -1.53. The van der Waals surface area contributed by atoms with Crippen molar-refractivity contribution < 1.29 is 37.6 Å². The number of hydrogen-bond donors (Lipinski definition) is 4. The van der Waals surface area contributed by atoms with Crippen LogP contribution in [0.1, 0.15) is 0 Å². The Kier molecular flexibility index (Phi) is 3.89. The van der Waals surface area contributed by atoms with Gasteiger partial charge in [0, 0.05) is 0 Å². The Morgan fingerprint density at radius 3 is 1.36 bits per heavy atom. The third kappa shape index (κ3) is 10.3. The molecule has 0 amide bonds. The molecule has 0 aliphatic heterocycles. The summed E-state index contributed by atoms with van der Waals surface area (Å²) in [6.45, 7) is 0. The fourth-order valence-electron chi connectivity index (χ4n) is 0.161. The molecule has 0 aliphatic carbocycles. The van der Waals surface area contributed by atoms with Crippen molar-refractivity contribution in [2.45, 2.75) is 0 Å². The maximum atomic E-state index is 9.86. The first kappa shape index (κ1) is 11.3.